The first-order chi connectivity index (χ1) is 8.56. The van der Waals surface area contributed by atoms with E-state index in [1.54, 1.807) is 0 Å². The molecule has 2 rings (SSSR count). The summed E-state index contributed by atoms with van der Waals surface area (Å²) in [5.74, 6) is 1.61. The molecule has 3 heteroatoms. The predicted molar refractivity (Wildman–Crippen MR) is 75.7 cm³/mol. The van der Waals surface area contributed by atoms with E-state index >= 15 is 0 Å². The lowest BCUT2D eigenvalue weighted by atomic mass is 9.83. The summed E-state index contributed by atoms with van der Waals surface area (Å²) in [5.41, 5.74) is 0. The van der Waals surface area contributed by atoms with Gasteiger partial charge in [-0.15, -0.1) is 0 Å². The maximum atomic E-state index is 10.2. The van der Waals surface area contributed by atoms with E-state index in [4.69, 9.17) is 0 Å². The molecular formula is C15H30N2O. The van der Waals surface area contributed by atoms with Gasteiger partial charge < -0.3 is 14.9 Å². The van der Waals surface area contributed by atoms with Crippen LogP contribution in [0.3, 0.4) is 0 Å². The Kier molecular flexibility index (Phi) is 5.05. The molecule has 3 nitrogen and oxygen atoms in total. The maximum Gasteiger partial charge on any atom is 0.0695 e. The Morgan fingerprint density at radius 2 is 1.83 bits per heavy atom. The molecule has 3 unspecified atom stereocenters. The van der Waals surface area contributed by atoms with E-state index in [0.717, 1.165) is 18.3 Å². The van der Waals surface area contributed by atoms with Gasteiger partial charge in [0.05, 0.1) is 6.10 Å². The Morgan fingerprint density at radius 3 is 2.50 bits per heavy atom. The van der Waals surface area contributed by atoms with E-state index in [0.29, 0.717) is 6.04 Å². The highest BCUT2D eigenvalue weighted by molar-refractivity contribution is 4.85. The molecule has 106 valence electrons. The first-order valence-electron chi connectivity index (χ1n) is 7.63. The molecule has 1 aliphatic carbocycles. The molecule has 3 atom stereocenters. The molecule has 1 aliphatic heterocycles. The molecule has 2 aliphatic rings. The highest BCUT2D eigenvalue weighted by Gasteiger charge is 2.31. The number of likely N-dealkylation sites (N-methyl/N-ethyl adjacent to an activating group) is 1. The smallest absolute Gasteiger partial charge is 0.0695 e. The van der Waals surface area contributed by atoms with Crippen molar-refractivity contribution in [3.63, 3.8) is 0 Å². The molecule has 0 spiro atoms. The Labute approximate surface area is 112 Å². The molecule has 0 radical (unpaired) electrons. The van der Waals surface area contributed by atoms with Crippen molar-refractivity contribution in [2.75, 3.05) is 33.7 Å². The van der Waals surface area contributed by atoms with E-state index in [1.807, 2.05) is 0 Å². The summed E-state index contributed by atoms with van der Waals surface area (Å²) in [4.78, 5) is 4.87. The lowest BCUT2D eigenvalue weighted by Gasteiger charge is -2.40. The second-order valence-electron chi connectivity index (χ2n) is 6.74. The topological polar surface area (TPSA) is 26.7 Å². The minimum atomic E-state index is -0.0996. The van der Waals surface area contributed by atoms with Crippen LogP contribution in [0.1, 0.15) is 39.0 Å². The van der Waals surface area contributed by atoms with Gasteiger partial charge in [0.15, 0.2) is 0 Å². The van der Waals surface area contributed by atoms with Crippen molar-refractivity contribution in [3.05, 3.63) is 0 Å². The molecule has 1 N–H and O–H groups in total. The fraction of sp³-hybridized carbons (Fsp3) is 1.00. The van der Waals surface area contributed by atoms with Gasteiger partial charge in [0.25, 0.3) is 0 Å². The molecule has 1 saturated heterocycles. The molecular weight excluding hydrogens is 224 g/mol. The van der Waals surface area contributed by atoms with Crippen LogP contribution in [-0.4, -0.2) is 60.8 Å². The van der Waals surface area contributed by atoms with E-state index in [2.05, 4.69) is 30.8 Å². The molecule has 1 saturated carbocycles. The zero-order chi connectivity index (χ0) is 13.1. The standard InChI is InChI=1S/C15H30N2O/c1-12-4-5-15(18)14(10-12)17(3)11-13-6-8-16(2)9-7-13/h12-15,18H,4-11H2,1-3H3. The van der Waals surface area contributed by atoms with E-state index in [1.165, 1.54) is 45.3 Å². The Hall–Kier alpha value is -0.120. The fourth-order valence-corrected chi connectivity index (χ4v) is 3.60. The van der Waals surface area contributed by atoms with Gasteiger partial charge in [0.2, 0.25) is 0 Å². The van der Waals surface area contributed by atoms with Crippen molar-refractivity contribution in [2.45, 2.75) is 51.2 Å². The van der Waals surface area contributed by atoms with Crippen LogP contribution in [0.2, 0.25) is 0 Å². The first-order valence-corrected chi connectivity index (χ1v) is 7.63. The molecule has 0 amide bonds. The molecule has 0 aromatic carbocycles. The average molecular weight is 254 g/mol. The molecule has 0 aromatic heterocycles. The van der Waals surface area contributed by atoms with Gasteiger partial charge in [0, 0.05) is 12.6 Å². The molecule has 0 bridgehead atoms. The second kappa shape index (κ2) is 6.36. The minimum absolute atomic E-state index is 0.0996. The van der Waals surface area contributed by atoms with Crippen LogP contribution in [-0.2, 0) is 0 Å². The Bertz CT molecular complexity index is 251. The van der Waals surface area contributed by atoms with Gasteiger partial charge in [-0.25, -0.2) is 0 Å². The summed E-state index contributed by atoms with van der Waals surface area (Å²) in [7, 11) is 4.43. The zero-order valence-corrected chi connectivity index (χ0v) is 12.3. The Balaban J connectivity index is 1.81. The van der Waals surface area contributed by atoms with Crippen LogP contribution in [0.4, 0.5) is 0 Å². The summed E-state index contributed by atoms with van der Waals surface area (Å²) in [6, 6.07) is 0.397. The number of aliphatic hydroxyl groups is 1. The third-order valence-corrected chi connectivity index (χ3v) is 4.99. The van der Waals surface area contributed by atoms with Crippen LogP contribution in [0.15, 0.2) is 0 Å². The average Bonchev–Trinajstić information content (AvgIpc) is 2.35. The molecule has 1 heterocycles. The number of rotatable bonds is 3. The van der Waals surface area contributed by atoms with E-state index in [-0.39, 0.29) is 6.10 Å². The van der Waals surface area contributed by atoms with Crippen LogP contribution in [0, 0.1) is 11.8 Å². The number of likely N-dealkylation sites (tertiary alicyclic amines) is 1. The van der Waals surface area contributed by atoms with E-state index < -0.39 is 0 Å². The number of piperidine rings is 1. The van der Waals surface area contributed by atoms with Crippen molar-refractivity contribution in [1.82, 2.24) is 9.80 Å². The van der Waals surface area contributed by atoms with Crippen molar-refractivity contribution < 1.29 is 5.11 Å². The summed E-state index contributed by atoms with van der Waals surface area (Å²) in [5, 5.41) is 10.2. The van der Waals surface area contributed by atoms with Gasteiger partial charge in [0.1, 0.15) is 0 Å². The quantitative estimate of drug-likeness (QED) is 0.832. The summed E-state index contributed by atoms with van der Waals surface area (Å²) in [6.45, 7) is 5.97. The lowest BCUT2D eigenvalue weighted by Crippen LogP contribution is -2.47. The third-order valence-electron chi connectivity index (χ3n) is 4.99. The Morgan fingerprint density at radius 1 is 1.17 bits per heavy atom. The first kappa shape index (κ1) is 14.3. The highest BCUT2D eigenvalue weighted by atomic mass is 16.3. The van der Waals surface area contributed by atoms with Gasteiger partial charge in [-0.1, -0.05) is 6.92 Å². The number of hydrogen-bond donors (Lipinski definition) is 1. The molecule has 0 aromatic rings. The highest BCUT2D eigenvalue weighted by Crippen LogP contribution is 2.28. The van der Waals surface area contributed by atoms with Gasteiger partial charge >= 0.3 is 0 Å². The maximum absolute atomic E-state index is 10.2. The summed E-state index contributed by atoms with van der Waals surface area (Å²) >= 11 is 0. The third kappa shape index (κ3) is 3.69. The predicted octanol–water partition coefficient (Wildman–Crippen LogP) is 1.81. The fourth-order valence-electron chi connectivity index (χ4n) is 3.60. The number of hydrogen-bond acceptors (Lipinski definition) is 3. The minimum Gasteiger partial charge on any atom is -0.391 e. The van der Waals surface area contributed by atoms with Crippen molar-refractivity contribution in [1.29, 1.82) is 0 Å². The van der Waals surface area contributed by atoms with Crippen LogP contribution >= 0.6 is 0 Å². The zero-order valence-electron chi connectivity index (χ0n) is 12.3. The van der Waals surface area contributed by atoms with Gasteiger partial charge in [-0.05, 0) is 71.1 Å². The summed E-state index contributed by atoms with van der Waals surface area (Å²) < 4.78 is 0. The lowest BCUT2D eigenvalue weighted by molar-refractivity contribution is 0.00743. The van der Waals surface area contributed by atoms with E-state index in [9.17, 15) is 5.11 Å². The van der Waals surface area contributed by atoms with Crippen LogP contribution < -0.4 is 0 Å². The van der Waals surface area contributed by atoms with Crippen LogP contribution in [0.5, 0.6) is 0 Å². The van der Waals surface area contributed by atoms with Crippen molar-refractivity contribution in [2.24, 2.45) is 11.8 Å². The SMILES string of the molecule is CC1CCC(O)C(N(C)CC2CCN(C)CC2)C1. The number of nitrogens with zero attached hydrogens (tertiary/aromatic N) is 2. The van der Waals surface area contributed by atoms with Crippen LogP contribution in [0.25, 0.3) is 0 Å². The van der Waals surface area contributed by atoms with Crippen molar-refractivity contribution in [3.8, 4) is 0 Å². The van der Waals surface area contributed by atoms with Gasteiger partial charge in [-0.3, -0.25) is 0 Å². The van der Waals surface area contributed by atoms with Crippen molar-refractivity contribution >= 4 is 0 Å². The number of aliphatic hydroxyl groups excluding tert-OH is 1. The summed E-state index contributed by atoms with van der Waals surface area (Å²) in [6.07, 6.45) is 5.89. The second-order valence-corrected chi connectivity index (χ2v) is 6.74. The molecule has 18 heavy (non-hydrogen) atoms. The largest absolute Gasteiger partial charge is 0.391 e. The van der Waals surface area contributed by atoms with Gasteiger partial charge in [-0.2, -0.15) is 0 Å². The monoisotopic (exact) mass is 254 g/mol. The molecule has 2 fully saturated rings. The normalized spacial score (nSPS) is 36.2.